The molecule has 2 aliphatic heterocycles. The molecule has 5 unspecified atom stereocenters. The van der Waals surface area contributed by atoms with E-state index in [1.807, 2.05) is 0 Å². The third kappa shape index (κ3) is 17.1. The summed E-state index contributed by atoms with van der Waals surface area (Å²) < 4.78 is 5.67. The Hall–Kier alpha value is -7.45. The van der Waals surface area contributed by atoms with E-state index in [4.69, 9.17) is 31.6 Å². The van der Waals surface area contributed by atoms with Crippen LogP contribution in [0.1, 0.15) is 111 Å². The van der Waals surface area contributed by atoms with Gasteiger partial charge in [-0.05, 0) is 83.0 Å². The molecule has 0 spiro atoms. The first kappa shape index (κ1) is 64.7. The first-order chi connectivity index (χ1) is 39.6. The van der Waals surface area contributed by atoms with E-state index in [9.17, 15) is 43.6 Å². The third-order valence-corrected chi connectivity index (χ3v) is 17.7. The Kier molecular flexibility index (Phi) is 23.6. The molecule has 0 radical (unpaired) electrons. The Morgan fingerprint density at radius 2 is 1.70 bits per heavy atom. The lowest BCUT2D eigenvalue weighted by molar-refractivity contribution is -0.144. The van der Waals surface area contributed by atoms with Crippen LogP contribution in [0.2, 0.25) is 0 Å². The number of nitrogens with two attached hydrogens (primary N) is 2. The number of carbonyl (C=O) groups excluding carboxylic acids is 7. The number of hydrogen-bond acceptors (Lipinski definition) is 24. The van der Waals surface area contributed by atoms with E-state index >= 15 is 0 Å². The number of aromatic nitrogens is 4. The molecular formula is C53H60N14O10S6. The van der Waals surface area contributed by atoms with Gasteiger partial charge < -0.3 is 52.9 Å². The Morgan fingerprint density at radius 1 is 1.01 bits per heavy atom. The maximum atomic E-state index is 14.1. The standard InChI is InChI=1S/C53H60N14O10S6/c1-9-31-40-24(3)17-77-52(74)34(67-76)16-29(19-78-18-25(4)54)59-46(71)36-22-82-50(65-36)32(10-2)62-48(73)42(28(7)68)66-47(72)37-21-80-49(64-37)30-12-11-13-33(45(56)79-15-14-39(69)58-27(6)44(55)70)61-43(30)35-20-81-51(63-35)38(57-8)23-83-53(75)41(60-31)26(40)5/h9-11,13-15,18,20-22,28-29,34,38,42,56-57,60,68H,6,12,16-17,19,23,54H2,1-5,7-8H3,(H2,55,70)(H,58,69)(H,59,71)(H,62,73)(H,66,72)/b15-14+,25-18-,31-9+,32-10-,40-24+,56-45?. The number of aromatic amines is 1. The number of H-pyrrole nitrogens is 1. The summed E-state index contributed by atoms with van der Waals surface area (Å²) >= 11 is 6.54. The number of aliphatic hydroxyl groups is 1. The number of thioether (sulfide) groups is 3. The van der Waals surface area contributed by atoms with Crippen LogP contribution in [0.3, 0.4) is 0 Å². The smallest absolute Gasteiger partial charge is 0.334 e. The molecule has 0 saturated carbocycles. The molecule has 8 bridgehead atoms. The van der Waals surface area contributed by atoms with Gasteiger partial charge in [0.2, 0.25) is 16.9 Å². The summed E-state index contributed by atoms with van der Waals surface area (Å²) in [5, 5.41) is 46.2. The summed E-state index contributed by atoms with van der Waals surface area (Å²) in [7, 11) is 1.73. The number of aliphatic hydroxyl groups excluding tert-OH is 1. The maximum absolute atomic E-state index is 14.1. The molecule has 83 heavy (non-hydrogen) atoms. The van der Waals surface area contributed by atoms with Crippen molar-refractivity contribution in [3.8, 4) is 0 Å². The molecule has 0 fully saturated rings. The van der Waals surface area contributed by atoms with E-state index in [2.05, 4.69) is 53.3 Å². The molecule has 6 heterocycles. The number of rotatable bonds is 11. The van der Waals surface area contributed by atoms with Crippen LogP contribution in [0.15, 0.2) is 79.4 Å². The van der Waals surface area contributed by atoms with Gasteiger partial charge in [-0.1, -0.05) is 53.5 Å². The summed E-state index contributed by atoms with van der Waals surface area (Å²) in [6.07, 6.45) is 6.28. The van der Waals surface area contributed by atoms with Crippen molar-refractivity contribution in [1.82, 2.24) is 46.5 Å². The van der Waals surface area contributed by atoms with Crippen LogP contribution < -0.4 is 48.6 Å². The zero-order valence-corrected chi connectivity index (χ0v) is 50.8. The van der Waals surface area contributed by atoms with Crippen LogP contribution in [-0.2, 0) is 23.9 Å². The first-order valence-electron chi connectivity index (χ1n) is 25.1. The Balaban J connectivity index is 1.40. The minimum absolute atomic E-state index is 0.0610. The van der Waals surface area contributed by atoms with Gasteiger partial charge in [0.25, 0.3) is 17.7 Å². The normalized spacial score (nSPS) is 21.0. The molecule has 12 N–H and O–H groups in total. The van der Waals surface area contributed by atoms with Gasteiger partial charge in [0, 0.05) is 68.0 Å². The fourth-order valence-corrected chi connectivity index (χ4v) is 13.0. The number of ether oxygens (including phenoxy) is 1. The topological polar surface area (TPSA) is 381 Å². The minimum Gasteiger partial charge on any atom is -0.459 e. The van der Waals surface area contributed by atoms with Crippen LogP contribution in [-0.4, -0.2) is 126 Å². The molecule has 0 saturated heterocycles. The monoisotopic (exact) mass is 1240 g/mol. The molecule has 30 heteroatoms. The van der Waals surface area contributed by atoms with Gasteiger partial charge in [0.05, 0.1) is 40.6 Å². The number of fused-ring (bicyclic) bond motifs is 10. The number of primary amides is 1. The van der Waals surface area contributed by atoms with E-state index in [1.54, 1.807) is 70.7 Å². The van der Waals surface area contributed by atoms with Gasteiger partial charge in [0.15, 0.2) is 6.04 Å². The van der Waals surface area contributed by atoms with Gasteiger partial charge in [0.1, 0.15) is 49.8 Å². The molecule has 5 atom stereocenters. The first-order valence-corrected chi connectivity index (χ1v) is 30.7. The van der Waals surface area contributed by atoms with E-state index in [0.29, 0.717) is 60.1 Å². The van der Waals surface area contributed by atoms with Crippen molar-refractivity contribution in [2.24, 2.45) is 21.6 Å². The van der Waals surface area contributed by atoms with Crippen LogP contribution >= 0.6 is 69.3 Å². The lowest BCUT2D eigenvalue weighted by atomic mass is 10.1. The SMILES string of the molecule is C=C(NC(=O)/C=C/SC(=N)C1=NC2=C(CC=C1)c1nc(cs1)C(=O)NC(C(C)O)C(=O)N/C(=C\C)c1nc(cs1)C(=O)NC(CS/C=C(/C)N)CC(N=O)C(=O)OC/C(C)=c1\c(C)c([nH]\c1=C\C)C(=O)SCC(NC)c1nc2cs1)C(N)=O. The van der Waals surface area contributed by atoms with Crippen molar-refractivity contribution in [1.29, 1.82) is 5.41 Å². The highest BCUT2D eigenvalue weighted by Crippen LogP contribution is 2.36. The predicted molar refractivity (Wildman–Crippen MR) is 329 cm³/mol. The number of thiazole rings is 3. The van der Waals surface area contributed by atoms with Crippen LogP contribution in [0.4, 0.5) is 0 Å². The van der Waals surface area contributed by atoms with Crippen molar-refractivity contribution in [3.63, 3.8) is 0 Å². The molecule has 24 nitrogen and oxygen atoms in total. The highest BCUT2D eigenvalue weighted by molar-refractivity contribution is 8.18. The Morgan fingerprint density at radius 3 is 2.35 bits per heavy atom. The molecular weight excluding hydrogens is 1190 g/mol. The second-order valence-corrected chi connectivity index (χ2v) is 23.7. The fourth-order valence-electron chi connectivity index (χ4n) is 7.89. The lowest BCUT2D eigenvalue weighted by Gasteiger charge is -2.21. The summed E-state index contributed by atoms with van der Waals surface area (Å²) in [4.78, 5) is 128. The summed E-state index contributed by atoms with van der Waals surface area (Å²) in [5.41, 5.74) is 14.1. The Bertz CT molecular complexity index is 3550. The quantitative estimate of drug-likeness (QED) is 0.0325. The highest BCUT2D eigenvalue weighted by Gasteiger charge is 2.32. The van der Waals surface area contributed by atoms with Gasteiger partial charge >= 0.3 is 5.97 Å². The number of amides is 5. The number of nitroso groups, excluding NO2 is 1. The number of aliphatic imine (C=N–C) groups is 1. The Labute approximate surface area is 501 Å². The molecule has 438 valence electrons. The zero-order valence-electron chi connectivity index (χ0n) is 45.9. The second kappa shape index (κ2) is 30.2. The average molecular weight is 1250 g/mol. The average Bonchev–Trinajstić information content (AvgIpc) is 3.90. The number of esters is 1. The van der Waals surface area contributed by atoms with Crippen LogP contribution in [0.25, 0.3) is 28.6 Å². The number of carbonyl (C=O) groups is 7. The van der Waals surface area contributed by atoms with E-state index in [1.165, 1.54) is 52.3 Å². The second-order valence-electron chi connectivity index (χ2n) is 18.3. The third-order valence-electron chi connectivity index (χ3n) is 12.1. The maximum Gasteiger partial charge on any atom is 0.334 e. The largest absolute Gasteiger partial charge is 0.459 e. The lowest BCUT2D eigenvalue weighted by Crippen LogP contribution is -2.52. The van der Waals surface area contributed by atoms with Crippen molar-refractivity contribution < 1.29 is 43.4 Å². The number of cyclic esters (lactones) is 1. The zero-order chi connectivity index (χ0) is 60.7. The van der Waals surface area contributed by atoms with E-state index in [-0.39, 0.29) is 74.6 Å². The van der Waals surface area contributed by atoms with Crippen LogP contribution in [0, 0.1) is 17.2 Å². The molecule has 5 amide bonds. The minimum atomic E-state index is -1.54. The predicted octanol–water partition coefficient (Wildman–Crippen LogP) is 4.50. The van der Waals surface area contributed by atoms with Gasteiger partial charge in [-0.2, -0.15) is 0 Å². The molecule has 2 aliphatic rings. The number of hydrogen-bond donors (Lipinski definition) is 10. The summed E-state index contributed by atoms with van der Waals surface area (Å²) in [6.45, 7) is 13.1. The van der Waals surface area contributed by atoms with Crippen molar-refractivity contribution in [3.05, 3.63) is 128 Å². The molecule has 0 aromatic carbocycles. The van der Waals surface area contributed by atoms with Crippen molar-refractivity contribution in [2.45, 2.75) is 84.7 Å². The van der Waals surface area contributed by atoms with Gasteiger partial charge in [-0.15, -0.1) is 50.7 Å². The van der Waals surface area contributed by atoms with Gasteiger partial charge in [-0.3, -0.25) is 34.2 Å². The summed E-state index contributed by atoms with van der Waals surface area (Å²) in [6, 6.07) is -4.37. The van der Waals surface area contributed by atoms with Crippen LogP contribution in [0.5, 0.6) is 0 Å². The fraction of sp³-hybridized carbons (Fsp3) is 0.321. The highest BCUT2D eigenvalue weighted by atomic mass is 32.2. The molecule has 0 aliphatic carbocycles. The van der Waals surface area contributed by atoms with Gasteiger partial charge in [-0.25, -0.2) is 24.7 Å². The van der Waals surface area contributed by atoms with E-state index < -0.39 is 65.8 Å². The van der Waals surface area contributed by atoms with Crippen molar-refractivity contribution >= 4 is 149 Å². The van der Waals surface area contributed by atoms with E-state index in [0.717, 1.165) is 52.3 Å². The number of allylic oxidation sites excluding steroid dienone is 5. The number of nitrogens with zero attached hydrogens (tertiary/aromatic N) is 5. The summed E-state index contributed by atoms with van der Waals surface area (Å²) in [5.74, 6) is -4.46. The molecule has 6 rings (SSSR count). The molecule has 4 aromatic rings. The number of nitrogens with one attached hydrogen (secondary N) is 7. The molecule has 4 aromatic heterocycles. The van der Waals surface area contributed by atoms with Crippen molar-refractivity contribution in [2.75, 3.05) is 25.2 Å².